The van der Waals surface area contributed by atoms with E-state index in [1.54, 1.807) is 7.11 Å². The summed E-state index contributed by atoms with van der Waals surface area (Å²) in [5, 5.41) is 0. The minimum Gasteiger partial charge on any atom is -0.491 e. The van der Waals surface area contributed by atoms with E-state index < -0.39 is 0 Å². The van der Waals surface area contributed by atoms with Gasteiger partial charge in [-0.15, -0.1) is 0 Å². The first-order chi connectivity index (χ1) is 9.15. The molecular formula is C15H25NO3. The van der Waals surface area contributed by atoms with Crippen LogP contribution in [0.25, 0.3) is 0 Å². The van der Waals surface area contributed by atoms with Gasteiger partial charge in [-0.25, -0.2) is 0 Å². The highest BCUT2D eigenvalue weighted by molar-refractivity contribution is 5.37. The molecule has 1 atom stereocenters. The van der Waals surface area contributed by atoms with Crippen LogP contribution in [-0.4, -0.2) is 33.5 Å². The standard InChI is InChI=1S/C15H25NO3/c1-12-11-14(13(2)16)5-6-15(12)19-10-9-18-8-4-7-17-3/h5-6,11,13H,4,7-10,16H2,1-3H3/t13-/m0/s1. The minimum absolute atomic E-state index is 0.0527. The van der Waals surface area contributed by atoms with Gasteiger partial charge in [-0.05, 0) is 37.5 Å². The largest absolute Gasteiger partial charge is 0.491 e. The van der Waals surface area contributed by atoms with Crippen molar-refractivity contribution >= 4 is 0 Å². The van der Waals surface area contributed by atoms with Gasteiger partial charge in [-0.1, -0.05) is 12.1 Å². The average molecular weight is 267 g/mol. The third-order valence-corrected chi connectivity index (χ3v) is 2.85. The zero-order valence-electron chi connectivity index (χ0n) is 12.1. The smallest absolute Gasteiger partial charge is 0.122 e. The van der Waals surface area contributed by atoms with Crippen LogP contribution in [0, 0.1) is 6.92 Å². The van der Waals surface area contributed by atoms with Crippen molar-refractivity contribution in [3.63, 3.8) is 0 Å². The Labute approximate surface area is 115 Å². The van der Waals surface area contributed by atoms with Crippen LogP contribution < -0.4 is 10.5 Å². The summed E-state index contributed by atoms with van der Waals surface area (Å²) >= 11 is 0. The molecule has 108 valence electrons. The molecular weight excluding hydrogens is 242 g/mol. The van der Waals surface area contributed by atoms with E-state index in [0.29, 0.717) is 19.8 Å². The first-order valence-corrected chi connectivity index (χ1v) is 6.70. The van der Waals surface area contributed by atoms with Crippen molar-refractivity contribution in [2.24, 2.45) is 5.73 Å². The SMILES string of the molecule is COCCCOCCOc1ccc([C@H](C)N)cc1C. The lowest BCUT2D eigenvalue weighted by Gasteiger charge is -2.12. The molecule has 4 heteroatoms. The van der Waals surface area contributed by atoms with Gasteiger partial charge < -0.3 is 19.9 Å². The molecule has 0 bridgehead atoms. The summed E-state index contributed by atoms with van der Waals surface area (Å²) in [6.07, 6.45) is 0.915. The Kier molecular flexibility index (Phi) is 7.48. The number of aryl methyl sites for hydroxylation is 1. The second-order valence-corrected chi connectivity index (χ2v) is 4.62. The van der Waals surface area contributed by atoms with Gasteiger partial charge in [0.25, 0.3) is 0 Å². The van der Waals surface area contributed by atoms with Crippen molar-refractivity contribution in [1.29, 1.82) is 0 Å². The van der Waals surface area contributed by atoms with E-state index in [0.717, 1.165) is 29.9 Å². The molecule has 0 aliphatic carbocycles. The second-order valence-electron chi connectivity index (χ2n) is 4.62. The Bertz CT molecular complexity index is 366. The van der Waals surface area contributed by atoms with Crippen LogP contribution in [0.1, 0.15) is 30.5 Å². The fraction of sp³-hybridized carbons (Fsp3) is 0.600. The van der Waals surface area contributed by atoms with E-state index in [1.807, 2.05) is 26.0 Å². The summed E-state index contributed by atoms with van der Waals surface area (Å²) < 4.78 is 16.1. The molecule has 1 rings (SSSR count). The Morgan fingerprint density at radius 3 is 2.58 bits per heavy atom. The van der Waals surface area contributed by atoms with Gasteiger partial charge in [0.2, 0.25) is 0 Å². The Morgan fingerprint density at radius 2 is 1.95 bits per heavy atom. The van der Waals surface area contributed by atoms with Gasteiger partial charge in [0, 0.05) is 26.4 Å². The highest BCUT2D eigenvalue weighted by Crippen LogP contribution is 2.21. The van der Waals surface area contributed by atoms with E-state index >= 15 is 0 Å². The Morgan fingerprint density at radius 1 is 1.16 bits per heavy atom. The minimum atomic E-state index is 0.0527. The van der Waals surface area contributed by atoms with Gasteiger partial charge in [0.15, 0.2) is 0 Å². The normalized spacial score (nSPS) is 12.4. The summed E-state index contributed by atoms with van der Waals surface area (Å²) in [7, 11) is 1.69. The summed E-state index contributed by atoms with van der Waals surface area (Å²) in [4.78, 5) is 0. The molecule has 0 aliphatic heterocycles. The fourth-order valence-corrected chi connectivity index (χ4v) is 1.74. The molecule has 0 heterocycles. The van der Waals surface area contributed by atoms with Gasteiger partial charge in [0.05, 0.1) is 6.61 Å². The fourth-order valence-electron chi connectivity index (χ4n) is 1.74. The van der Waals surface area contributed by atoms with E-state index in [9.17, 15) is 0 Å². The quantitative estimate of drug-likeness (QED) is 0.698. The van der Waals surface area contributed by atoms with Crippen molar-refractivity contribution in [2.45, 2.75) is 26.3 Å². The molecule has 1 aromatic rings. The van der Waals surface area contributed by atoms with Crippen LogP contribution >= 0.6 is 0 Å². The Hall–Kier alpha value is -1.10. The molecule has 0 unspecified atom stereocenters. The second kappa shape index (κ2) is 8.91. The molecule has 1 aromatic carbocycles. The summed E-state index contributed by atoms with van der Waals surface area (Å²) in [5.74, 6) is 0.893. The lowest BCUT2D eigenvalue weighted by atomic mass is 10.1. The van der Waals surface area contributed by atoms with E-state index in [4.69, 9.17) is 19.9 Å². The van der Waals surface area contributed by atoms with E-state index in [-0.39, 0.29) is 6.04 Å². The highest BCUT2D eigenvalue weighted by Gasteiger charge is 2.04. The predicted octanol–water partition coefficient (Wildman–Crippen LogP) is 2.45. The van der Waals surface area contributed by atoms with Crippen LogP contribution in [-0.2, 0) is 9.47 Å². The molecule has 0 amide bonds. The van der Waals surface area contributed by atoms with Crippen molar-refractivity contribution < 1.29 is 14.2 Å². The van der Waals surface area contributed by atoms with Crippen LogP contribution in [0.2, 0.25) is 0 Å². The number of methoxy groups -OCH3 is 1. The lowest BCUT2D eigenvalue weighted by Crippen LogP contribution is -2.10. The summed E-state index contributed by atoms with van der Waals surface area (Å²) in [6.45, 7) is 6.60. The molecule has 0 spiro atoms. The maximum atomic E-state index is 5.84. The molecule has 0 saturated carbocycles. The first-order valence-electron chi connectivity index (χ1n) is 6.70. The molecule has 0 aliphatic rings. The first kappa shape index (κ1) is 16.0. The van der Waals surface area contributed by atoms with Gasteiger partial charge in [-0.2, -0.15) is 0 Å². The number of benzene rings is 1. The predicted molar refractivity (Wildman–Crippen MR) is 76.6 cm³/mol. The van der Waals surface area contributed by atoms with Crippen molar-refractivity contribution in [3.8, 4) is 5.75 Å². The number of nitrogens with two attached hydrogens (primary N) is 1. The van der Waals surface area contributed by atoms with Crippen molar-refractivity contribution in [1.82, 2.24) is 0 Å². The van der Waals surface area contributed by atoms with Crippen LogP contribution in [0.5, 0.6) is 5.75 Å². The zero-order chi connectivity index (χ0) is 14.1. The summed E-state index contributed by atoms with van der Waals surface area (Å²) in [5.41, 5.74) is 8.07. The Balaban J connectivity index is 2.26. The summed E-state index contributed by atoms with van der Waals surface area (Å²) in [6, 6.07) is 6.10. The third-order valence-electron chi connectivity index (χ3n) is 2.85. The number of hydrogen-bond acceptors (Lipinski definition) is 4. The topological polar surface area (TPSA) is 53.7 Å². The third kappa shape index (κ3) is 6.05. The van der Waals surface area contributed by atoms with Crippen molar-refractivity contribution in [3.05, 3.63) is 29.3 Å². The molecule has 0 fully saturated rings. The molecule has 0 radical (unpaired) electrons. The van der Waals surface area contributed by atoms with E-state index in [1.165, 1.54) is 0 Å². The zero-order valence-corrected chi connectivity index (χ0v) is 12.1. The van der Waals surface area contributed by atoms with Gasteiger partial charge in [-0.3, -0.25) is 0 Å². The monoisotopic (exact) mass is 267 g/mol. The molecule has 0 aromatic heterocycles. The molecule has 19 heavy (non-hydrogen) atoms. The maximum Gasteiger partial charge on any atom is 0.122 e. The lowest BCUT2D eigenvalue weighted by molar-refractivity contribution is 0.0805. The average Bonchev–Trinajstić information content (AvgIpc) is 2.39. The van der Waals surface area contributed by atoms with Gasteiger partial charge >= 0.3 is 0 Å². The van der Waals surface area contributed by atoms with Crippen LogP contribution in [0.3, 0.4) is 0 Å². The van der Waals surface area contributed by atoms with Gasteiger partial charge in [0.1, 0.15) is 12.4 Å². The molecule has 0 saturated heterocycles. The maximum absolute atomic E-state index is 5.84. The molecule has 2 N–H and O–H groups in total. The number of rotatable bonds is 9. The number of hydrogen-bond donors (Lipinski definition) is 1. The van der Waals surface area contributed by atoms with Crippen molar-refractivity contribution in [2.75, 3.05) is 33.5 Å². The molecule has 4 nitrogen and oxygen atoms in total. The number of ether oxygens (including phenoxy) is 3. The van der Waals surface area contributed by atoms with Crippen LogP contribution in [0.4, 0.5) is 0 Å². The van der Waals surface area contributed by atoms with E-state index in [2.05, 4.69) is 6.07 Å². The highest BCUT2D eigenvalue weighted by atomic mass is 16.5. The van der Waals surface area contributed by atoms with Crippen LogP contribution in [0.15, 0.2) is 18.2 Å².